The van der Waals surface area contributed by atoms with Crippen molar-refractivity contribution in [1.82, 2.24) is 20.4 Å². The lowest BCUT2D eigenvalue weighted by Gasteiger charge is -2.46. The zero-order valence-corrected chi connectivity index (χ0v) is 14.6. The second-order valence-corrected chi connectivity index (χ2v) is 6.64. The molecule has 140 valence electrons. The van der Waals surface area contributed by atoms with Crippen LogP contribution in [0.1, 0.15) is 12.0 Å². The van der Waals surface area contributed by atoms with Gasteiger partial charge in [0.15, 0.2) is 5.54 Å². The molecule has 0 spiro atoms. The van der Waals surface area contributed by atoms with Crippen LogP contribution in [0.15, 0.2) is 30.3 Å². The van der Waals surface area contributed by atoms with Gasteiger partial charge in [0.1, 0.15) is 0 Å². The molecule has 2 aliphatic heterocycles. The summed E-state index contributed by atoms with van der Waals surface area (Å²) in [6.07, 6.45) is 0.842. The van der Waals surface area contributed by atoms with Gasteiger partial charge in [-0.3, -0.25) is 30.0 Å². The van der Waals surface area contributed by atoms with E-state index in [1.165, 1.54) is 0 Å². The molecule has 2 aliphatic rings. The fraction of sp³-hybridized carbons (Fsp3) is 0.500. The van der Waals surface area contributed by atoms with Crippen molar-refractivity contribution < 1.29 is 19.5 Å². The van der Waals surface area contributed by atoms with E-state index in [4.69, 9.17) is 5.11 Å². The smallest absolute Gasteiger partial charge is 0.328 e. The molecule has 4 amide bonds. The number of imide groups is 2. The molecule has 0 aliphatic carbocycles. The number of amides is 4. The average molecular weight is 360 g/mol. The summed E-state index contributed by atoms with van der Waals surface area (Å²) in [6, 6.07) is 8.89. The van der Waals surface area contributed by atoms with Gasteiger partial charge in [-0.15, -0.1) is 0 Å². The number of nitrogens with zero attached hydrogens (tertiary/aromatic N) is 2. The summed E-state index contributed by atoms with van der Waals surface area (Å²) in [5.74, 6) is -1.12. The van der Waals surface area contributed by atoms with Gasteiger partial charge < -0.3 is 5.11 Å². The number of β-amino-alcohol motifs (C(OH)–C–C–N with tert-alkyl or cyclic N) is 1. The Morgan fingerprint density at radius 3 is 2.15 bits per heavy atom. The van der Waals surface area contributed by atoms with E-state index in [0.29, 0.717) is 45.6 Å². The van der Waals surface area contributed by atoms with Crippen molar-refractivity contribution in [3.8, 4) is 0 Å². The first-order chi connectivity index (χ1) is 12.6. The maximum Gasteiger partial charge on any atom is 0.328 e. The van der Waals surface area contributed by atoms with Gasteiger partial charge in [0.25, 0.3) is 11.8 Å². The van der Waals surface area contributed by atoms with Gasteiger partial charge in [-0.1, -0.05) is 30.3 Å². The van der Waals surface area contributed by atoms with Gasteiger partial charge in [0.2, 0.25) is 0 Å². The number of urea groups is 1. The lowest BCUT2D eigenvalue weighted by molar-refractivity contribution is -0.150. The number of barbiturate groups is 1. The number of aryl methyl sites for hydroxylation is 1. The molecule has 3 N–H and O–H groups in total. The summed E-state index contributed by atoms with van der Waals surface area (Å²) >= 11 is 0. The number of benzene rings is 1. The SMILES string of the molecule is O=C1NC(=O)C(CCc2ccccc2)(N2CCN(CCO)CC2)C(=O)N1. The van der Waals surface area contributed by atoms with Gasteiger partial charge in [-0.05, 0) is 18.4 Å². The standard InChI is InChI=1S/C18H24N4O4/c23-13-12-21-8-10-22(11-9-21)18(7-6-14-4-2-1-3-5-14)15(24)19-17(26)20-16(18)25/h1-5,23H,6-13H2,(H2,19,20,24,25,26). The van der Waals surface area contributed by atoms with Gasteiger partial charge >= 0.3 is 6.03 Å². The Bertz CT molecular complexity index is 651. The lowest BCUT2D eigenvalue weighted by Crippen LogP contribution is -2.75. The highest BCUT2D eigenvalue weighted by Crippen LogP contribution is 2.27. The van der Waals surface area contributed by atoms with Crippen LogP contribution in [-0.4, -0.2) is 77.6 Å². The summed E-state index contributed by atoms with van der Waals surface area (Å²) in [6.45, 7) is 2.99. The Morgan fingerprint density at radius 2 is 1.58 bits per heavy atom. The molecule has 1 aromatic carbocycles. The Balaban J connectivity index is 1.81. The summed E-state index contributed by atoms with van der Waals surface area (Å²) in [5, 5.41) is 13.6. The monoisotopic (exact) mass is 360 g/mol. The van der Waals surface area contributed by atoms with Crippen LogP contribution in [0.3, 0.4) is 0 Å². The quantitative estimate of drug-likeness (QED) is 0.582. The second-order valence-electron chi connectivity index (χ2n) is 6.64. The second kappa shape index (κ2) is 7.94. The first-order valence-corrected chi connectivity index (χ1v) is 8.85. The van der Waals surface area contributed by atoms with Crippen LogP contribution in [0.2, 0.25) is 0 Å². The first-order valence-electron chi connectivity index (χ1n) is 8.85. The van der Waals surface area contributed by atoms with Crippen LogP contribution >= 0.6 is 0 Å². The topological polar surface area (TPSA) is 102 Å². The largest absolute Gasteiger partial charge is 0.395 e. The minimum atomic E-state index is -1.39. The number of aliphatic hydroxyl groups excluding tert-OH is 1. The average Bonchev–Trinajstić information content (AvgIpc) is 2.63. The molecule has 26 heavy (non-hydrogen) atoms. The molecule has 2 heterocycles. The van der Waals surface area contributed by atoms with Crippen molar-refractivity contribution in [2.75, 3.05) is 39.3 Å². The van der Waals surface area contributed by atoms with E-state index in [-0.39, 0.29) is 6.61 Å². The molecule has 8 heteroatoms. The number of carbonyl (C=O) groups excluding carboxylic acids is 3. The van der Waals surface area contributed by atoms with E-state index in [0.717, 1.165) is 5.56 Å². The van der Waals surface area contributed by atoms with E-state index < -0.39 is 23.4 Å². The molecule has 3 rings (SSSR count). The molecule has 0 atom stereocenters. The van der Waals surface area contributed by atoms with Crippen molar-refractivity contribution >= 4 is 17.8 Å². The van der Waals surface area contributed by atoms with Gasteiger partial charge in [-0.2, -0.15) is 0 Å². The summed E-state index contributed by atoms with van der Waals surface area (Å²) in [5.41, 5.74) is -0.363. The maximum absolute atomic E-state index is 12.8. The van der Waals surface area contributed by atoms with E-state index in [2.05, 4.69) is 15.5 Å². The number of hydrogen-bond donors (Lipinski definition) is 3. The highest BCUT2D eigenvalue weighted by Gasteiger charge is 2.54. The zero-order chi connectivity index (χ0) is 18.6. The molecular formula is C18H24N4O4. The predicted molar refractivity (Wildman–Crippen MR) is 94.3 cm³/mol. The normalized spacial score (nSPS) is 21.3. The number of carbonyl (C=O) groups is 3. The molecule has 0 saturated carbocycles. The number of hydrogen-bond acceptors (Lipinski definition) is 6. The number of rotatable bonds is 6. The Hall–Kier alpha value is -2.29. The maximum atomic E-state index is 12.8. The van der Waals surface area contributed by atoms with Crippen molar-refractivity contribution in [2.45, 2.75) is 18.4 Å². The van der Waals surface area contributed by atoms with Crippen molar-refractivity contribution in [1.29, 1.82) is 0 Å². The molecule has 0 bridgehead atoms. The van der Waals surface area contributed by atoms with E-state index in [9.17, 15) is 14.4 Å². The van der Waals surface area contributed by atoms with Crippen molar-refractivity contribution in [2.24, 2.45) is 0 Å². The van der Waals surface area contributed by atoms with E-state index in [1.54, 1.807) is 0 Å². The third-order valence-electron chi connectivity index (χ3n) is 5.15. The Morgan fingerprint density at radius 1 is 0.962 bits per heavy atom. The fourth-order valence-electron chi connectivity index (χ4n) is 3.68. The molecule has 2 fully saturated rings. The zero-order valence-electron chi connectivity index (χ0n) is 14.6. The molecule has 2 saturated heterocycles. The Kier molecular flexibility index (Phi) is 5.65. The predicted octanol–water partition coefficient (Wildman–Crippen LogP) is -0.666. The summed E-state index contributed by atoms with van der Waals surface area (Å²) < 4.78 is 0. The third kappa shape index (κ3) is 3.62. The fourth-order valence-corrected chi connectivity index (χ4v) is 3.68. The summed E-state index contributed by atoms with van der Waals surface area (Å²) in [4.78, 5) is 41.1. The van der Waals surface area contributed by atoms with Crippen LogP contribution in [-0.2, 0) is 16.0 Å². The number of aliphatic hydroxyl groups is 1. The molecule has 0 aromatic heterocycles. The molecule has 1 aromatic rings. The van der Waals surface area contributed by atoms with Gasteiger partial charge in [-0.25, -0.2) is 4.79 Å². The third-order valence-corrected chi connectivity index (χ3v) is 5.15. The lowest BCUT2D eigenvalue weighted by atomic mass is 9.85. The van der Waals surface area contributed by atoms with E-state index >= 15 is 0 Å². The molecule has 0 unspecified atom stereocenters. The van der Waals surface area contributed by atoms with Gasteiger partial charge in [0, 0.05) is 32.7 Å². The number of piperazine rings is 1. The van der Waals surface area contributed by atoms with Crippen LogP contribution in [0.5, 0.6) is 0 Å². The van der Waals surface area contributed by atoms with Crippen molar-refractivity contribution in [3.05, 3.63) is 35.9 Å². The first kappa shape index (κ1) is 18.5. The highest BCUT2D eigenvalue weighted by atomic mass is 16.3. The molecule has 0 radical (unpaired) electrons. The van der Waals surface area contributed by atoms with Crippen LogP contribution in [0, 0.1) is 0 Å². The van der Waals surface area contributed by atoms with Gasteiger partial charge in [0.05, 0.1) is 6.61 Å². The Labute approximate surface area is 152 Å². The minimum absolute atomic E-state index is 0.0780. The van der Waals surface area contributed by atoms with Crippen LogP contribution in [0.25, 0.3) is 0 Å². The number of nitrogens with one attached hydrogen (secondary N) is 2. The molecule has 8 nitrogen and oxygen atoms in total. The minimum Gasteiger partial charge on any atom is -0.395 e. The van der Waals surface area contributed by atoms with Crippen molar-refractivity contribution in [3.63, 3.8) is 0 Å². The summed E-state index contributed by atoms with van der Waals surface area (Å²) in [7, 11) is 0. The van der Waals surface area contributed by atoms with Crippen LogP contribution in [0.4, 0.5) is 4.79 Å². The van der Waals surface area contributed by atoms with E-state index in [1.807, 2.05) is 35.2 Å². The van der Waals surface area contributed by atoms with Crippen LogP contribution < -0.4 is 10.6 Å². The molecular weight excluding hydrogens is 336 g/mol. The highest BCUT2D eigenvalue weighted by molar-refractivity contribution is 6.22.